The summed E-state index contributed by atoms with van der Waals surface area (Å²) in [5.41, 5.74) is 0.452. The molecule has 1 saturated carbocycles. The average Bonchev–Trinajstić information content (AvgIpc) is 3.54. The largest absolute Gasteiger partial charge is 0.461 e. The minimum absolute atomic E-state index is 0.0330. The van der Waals surface area contributed by atoms with Crippen LogP contribution in [-0.2, 0) is 17.5 Å². The maximum Gasteiger partial charge on any atom is 0.416 e. The van der Waals surface area contributed by atoms with Crippen LogP contribution in [0.4, 0.5) is 19.0 Å². The molecule has 2 heterocycles. The van der Waals surface area contributed by atoms with E-state index in [0.717, 1.165) is 41.7 Å². The Bertz CT molecular complexity index is 1330. The highest BCUT2D eigenvalue weighted by Crippen LogP contribution is 2.35. The molecule has 4 aromatic rings. The first kappa shape index (κ1) is 22.9. The van der Waals surface area contributed by atoms with Crippen molar-refractivity contribution in [2.45, 2.75) is 38.0 Å². The van der Waals surface area contributed by atoms with Gasteiger partial charge in [-0.3, -0.25) is 4.79 Å². The highest BCUT2D eigenvalue weighted by molar-refractivity contribution is 5.91. The Kier molecular flexibility index (Phi) is 6.15. The van der Waals surface area contributed by atoms with Crippen molar-refractivity contribution in [2.24, 2.45) is 0 Å². The first-order valence-corrected chi connectivity index (χ1v) is 11.4. The molecule has 1 amide bonds. The van der Waals surface area contributed by atoms with Crippen molar-refractivity contribution in [1.29, 1.82) is 0 Å². The van der Waals surface area contributed by atoms with E-state index < -0.39 is 11.7 Å². The van der Waals surface area contributed by atoms with E-state index in [2.05, 4.69) is 15.2 Å². The van der Waals surface area contributed by atoms with Gasteiger partial charge in [-0.25, -0.2) is 9.97 Å². The molecule has 1 N–H and O–H groups in total. The van der Waals surface area contributed by atoms with E-state index in [4.69, 9.17) is 9.40 Å². The molecule has 0 bridgehead atoms. The summed E-state index contributed by atoms with van der Waals surface area (Å²) in [7, 11) is 0. The summed E-state index contributed by atoms with van der Waals surface area (Å²) in [6.07, 6.45) is -0.662. The number of halogens is 3. The summed E-state index contributed by atoms with van der Waals surface area (Å²) in [6, 6.07) is 16.5. The highest BCUT2D eigenvalue weighted by Gasteiger charge is 2.32. The Morgan fingerprint density at radius 1 is 1.06 bits per heavy atom. The minimum atomic E-state index is -4.42. The number of carbonyl (C=O) groups excluding carboxylic acids is 1. The lowest BCUT2D eigenvalue weighted by Crippen LogP contribution is -2.33. The van der Waals surface area contributed by atoms with Gasteiger partial charge in [0.2, 0.25) is 5.91 Å². The van der Waals surface area contributed by atoms with Crippen molar-refractivity contribution in [2.75, 3.05) is 11.4 Å². The third kappa shape index (κ3) is 5.29. The van der Waals surface area contributed by atoms with Gasteiger partial charge in [-0.1, -0.05) is 24.3 Å². The molecule has 0 aliphatic heterocycles. The van der Waals surface area contributed by atoms with Crippen LogP contribution in [0.5, 0.6) is 0 Å². The van der Waals surface area contributed by atoms with Gasteiger partial charge >= 0.3 is 6.18 Å². The third-order valence-corrected chi connectivity index (χ3v) is 5.91. The van der Waals surface area contributed by atoms with E-state index in [1.54, 1.807) is 24.5 Å². The van der Waals surface area contributed by atoms with E-state index >= 15 is 0 Å². The smallest absolute Gasteiger partial charge is 0.416 e. The number of hydrogen-bond donors (Lipinski definition) is 1. The number of amides is 1. The molecule has 2 aromatic heterocycles. The fraction of sp³-hybridized carbons (Fsp3) is 0.269. The number of aromatic nitrogens is 2. The zero-order chi connectivity index (χ0) is 24.4. The Morgan fingerprint density at radius 2 is 1.89 bits per heavy atom. The summed E-state index contributed by atoms with van der Waals surface area (Å²) in [5.74, 6) is 1.54. The van der Waals surface area contributed by atoms with Gasteiger partial charge in [0.1, 0.15) is 5.82 Å². The number of furan rings is 1. The van der Waals surface area contributed by atoms with E-state index in [1.165, 1.54) is 6.07 Å². The predicted octanol–water partition coefficient (Wildman–Crippen LogP) is 5.58. The fourth-order valence-corrected chi connectivity index (χ4v) is 4.01. The van der Waals surface area contributed by atoms with Gasteiger partial charge in [-0.15, -0.1) is 0 Å². The molecule has 1 fully saturated rings. The van der Waals surface area contributed by atoms with Crippen molar-refractivity contribution in [3.8, 4) is 11.6 Å². The molecule has 6 nitrogen and oxygen atoms in total. The van der Waals surface area contributed by atoms with Crippen LogP contribution in [0.25, 0.3) is 22.5 Å². The van der Waals surface area contributed by atoms with Gasteiger partial charge in [0.25, 0.3) is 0 Å². The SMILES string of the molecule is O=C(CCN(c1nc(-c2ccco2)nc2ccccc12)C1CC1)NCc1cccc(C(F)(F)F)c1. The molecule has 0 unspecified atom stereocenters. The van der Waals surface area contributed by atoms with Gasteiger partial charge in [-0.05, 0) is 54.8 Å². The van der Waals surface area contributed by atoms with Crippen LogP contribution in [0.1, 0.15) is 30.4 Å². The van der Waals surface area contributed by atoms with Crippen LogP contribution < -0.4 is 10.2 Å². The Labute approximate surface area is 199 Å². The molecule has 2 aromatic carbocycles. The van der Waals surface area contributed by atoms with Crippen molar-refractivity contribution >= 4 is 22.6 Å². The lowest BCUT2D eigenvalue weighted by Gasteiger charge is -2.25. The lowest BCUT2D eigenvalue weighted by molar-refractivity contribution is -0.137. The number of anilines is 1. The zero-order valence-electron chi connectivity index (χ0n) is 18.8. The molecule has 180 valence electrons. The maximum atomic E-state index is 12.9. The third-order valence-electron chi connectivity index (χ3n) is 5.91. The van der Waals surface area contributed by atoms with Gasteiger partial charge in [-0.2, -0.15) is 13.2 Å². The second-order valence-electron chi connectivity index (χ2n) is 8.51. The first-order chi connectivity index (χ1) is 16.9. The van der Waals surface area contributed by atoms with Crippen LogP contribution in [0, 0.1) is 0 Å². The number of hydrogen-bond acceptors (Lipinski definition) is 5. The Morgan fingerprint density at radius 3 is 2.63 bits per heavy atom. The predicted molar refractivity (Wildman–Crippen MR) is 126 cm³/mol. The van der Waals surface area contributed by atoms with Crippen LogP contribution in [0.3, 0.4) is 0 Å². The van der Waals surface area contributed by atoms with Gasteiger partial charge < -0.3 is 14.6 Å². The number of rotatable bonds is 8. The average molecular weight is 480 g/mol. The Balaban J connectivity index is 1.31. The van der Waals surface area contributed by atoms with Gasteiger partial charge in [0.05, 0.1) is 17.3 Å². The van der Waals surface area contributed by atoms with Crippen LogP contribution in [0.15, 0.2) is 71.3 Å². The van der Waals surface area contributed by atoms with Crippen LogP contribution >= 0.6 is 0 Å². The van der Waals surface area contributed by atoms with E-state index in [1.807, 2.05) is 24.3 Å². The quantitative estimate of drug-likeness (QED) is 0.356. The molecular weight excluding hydrogens is 457 g/mol. The molecule has 1 aliphatic rings. The van der Waals surface area contributed by atoms with Crippen molar-refractivity contribution < 1.29 is 22.4 Å². The normalized spacial score (nSPS) is 13.7. The number of benzene rings is 2. The molecule has 0 spiro atoms. The summed E-state index contributed by atoms with van der Waals surface area (Å²) in [4.78, 5) is 24.1. The summed E-state index contributed by atoms with van der Waals surface area (Å²) in [5, 5.41) is 3.62. The van der Waals surface area contributed by atoms with E-state index in [-0.39, 0.29) is 24.9 Å². The van der Waals surface area contributed by atoms with Gasteiger partial charge in [0.15, 0.2) is 11.6 Å². The summed E-state index contributed by atoms with van der Waals surface area (Å²) in [6.45, 7) is 0.461. The number of carbonyl (C=O) groups is 1. The molecule has 0 radical (unpaired) electrons. The number of fused-ring (bicyclic) bond motifs is 1. The van der Waals surface area contributed by atoms with Crippen LogP contribution in [0.2, 0.25) is 0 Å². The van der Waals surface area contributed by atoms with Crippen molar-refractivity contribution in [3.63, 3.8) is 0 Å². The maximum absolute atomic E-state index is 12.9. The molecular formula is C26H23F3N4O2. The molecule has 9 heteroatoms. The van der Waals surface area contributed by atoms with Crippen LogP contribution in [-0.4, -0.2) is 28.5 Å². The van der Waals surface area contributed by atoms with E-state index in [9.17, 15) is 18.0 Å². The van der Waals surface area contributed by atoms with E-state index in [0.29, 0.717) is 23.7 Å². The Hall–Kier alpha value is -3.88. The number of para-hydroxylation sites is 1. The summed E-state index contributed by atoms with van der Waals surface area (Å²) < 4.78 is 44.3. The fourth-order valence-electron chi connectivity index (χ4n) is 4.01. The standard InChI is InChI=1S/C26H23F3N4O2/c27-26(28,29)18-6-3-5-17(15-18)16-30-23(34)12-13-33(19-10-11-19)25-20-7-1-2-8-21(20)31-24(32-25)22-9-4-14-35-22/h1-9,14-15,19H,10-13,16H2,(H,30,34). The number of nitrogens with one attached hydrogen (secondary N) is 1. The van der Waals surface area contributed by atoms with Gasteiger partial charge in [0, 0.05) is 30.9 Å². The molecule has 5 rings (SSSR count). The molecule has 35 heavy (non-hydrogen) atoms. The second-order valence-corrected chi connectivity index (χ2v) is 8.51. The number of nitrogens with zero attached hydrogens (tertiary/aromatic N) is 3. The second kappa shape index (κ2) is 9.40. The zero-order valence-corrected chi connectivity index (χ0v) is 18.8. The monoisotopic (exact) mass is 480 g/mol. The molecule has 0 atom stereocenters. The lowest BCUT2D eigenvalue weighted by atomic mass is 10.1. The minimum Gasteiger partial charge on any atom is -0.461 e. The molecule has 0 saturated heterocycles. The number of alkyl halides is 3. The van der Waals surface area contributed by atoms with Crippen molar-refractivity contribution in [1.82, 2.24) is 15.3 Å². The van der Waals surface area contributed by atoms with Crippen molar-refractivity contribution in [3.05, 3.63) is 78.1 Å². The highest BCUT2D eigenvalue weighted by atomic mass is 19.4. The summed E-state index contributed by atoms with van der Waals surface area (Å²) >= 11 is 0. The topological polar surface area (TPSA) is 71.3 Å². The first-order valence-electron chi connectivity index (χ1n) is 11.4. The molecule has 1 aliphatic carbocycles.